The van der Waals surface area contributed by atoms with Crippen molar-refractivity contribution < 1.29 is 4.42 Å². The van der Waals surface area contributed by atoms with E-state index in [4.69, 9.17) is 4.42 Å². The molecule has 0 bridgehead atoms. The zero-order valence-electron chi connectivity index (χ0n) is 11.9. The van der Waals surface area contributed by atoms with Crippen LogP contribution in [-0.2, 0) is 6.54 Å². The Morgan fingerprint density at radius 1 is 1.42 bits per heavy atom. The summed E-state index contributed by atoms with van der Waals surface area (Å²) in [6.07, 6.45) is 6.88. The zero-order chi connectivity index (χ0) is 13.2. The largest absolute Gasteiger partial charge is 0.432 e. The smallest absolute Gasteiger partial charge is 0.297 e. The Labute approximate surface area is 115 Å². The maximum atomic E-state index is 5.67. The first-order chi connectivity index (χ1) is 9.22. The SMILES string of the molecule is CN(C)CC1CCCN1c1nc(CNC2CC2)co1. The summed E-state index contributed by atoms with van der Waals surface area (Å²) in [6, 6.07) is 2.06. The molecule has 2 aliphatic rings. The van der Waals surface area contributed by atoms with Crippen molar-refractivity contribution in [1.82, 2.24) is 15.2 Å². The van der Waals surface area contributed by atoms with Crippen molar-refractivity contribution >= 4 is 6.01 Å². The third kappa shape index (κ3) is 3.28. The lowest BCUT2D eigenvalue weighted by Crippen LogP contribution is -2.37. The number of anilines is 1. The molecule has 1 atom stereocenters. The first-order valence-corrected chi connectivity index (χ1v) is 7.31. The molecule has 1 aromatic rings. The second-order valence-corrected chi connectivity index (χ2v) is 6.03. The van der Waals surface area contributed by atoms with E-state index in [1.54, 1.807) is 6.26 Å². The highest BCUT2D eigenvalue weighted by Crippen LogP contribution is 2.25. The monoisotopic (exact) mass is 264 g/mol. The van der Waals surface area contributed by atoms with Crippen molar-refractivity contribution in [2.45, 2.75) is 44.3 Å². The van der Waals surface area contributed by atoms with Gasteiger partial charge in [-0.25, -0.2) is 0 Å². The van der Waals surface area contributed by atoms with Crippen LogP contribution in [0.4, 0.5) is 6.01 Å². The van der Waals surface area contributed by atoms with E-state index in [9.17, 15) is 0 Å². The molecule has 1 aliphatic heterocycles. The molecule has 2 heterocycles. The van der Waals surface area contributed by atoms with Gasteiger partial charge in [-0.2, -0.15) is 4.98 Å². The Kier molecular flexibility index (Phi) is 3.75. The number of likely N-dealkylation sites (N-methyl/N-ethyl adjacent to an activating group) is 1. The first kappa shape index (κ1) is 12.9. The lowest BCUT2D eigenvalue weighted by Gasteiger charge is -2.25. The fourth-order valence-corrected chi connectivity index (χ4v) is 2.74. The van der Waals surface area contributed by atoms with Crippen LogP contribution in [0.3, 0.4) is 0 Å². The van der Waals surface area contributed by atoms with E-state index in [1.165, 1.54) is 25.7 Å². The van der Waals surface area contributed by atoms with Crippen LogP contribution in [0.25, 0.3) is 0 Å². The number of rotatable bonds is 6. The normalized spacial score (nSPS) is 23.5. The number of oxazole rings is 1. The van der Waals surface area contributed by atoms with Gasteiger partial charge in [-0.3, -0.25) is 0 Å². The molecule has 1 saturated heterocycles. The van der Waals surface area contributed by atoms with E-state index in [0.29, 0.717) is 12.1 Å². The molecule has 3 rings (SSSR count). The minimum Gasteiger partial charge on any atom is -0.432 e. The Morgan fingerprint density at radius 2 is 2.26 bits per heavy atom. The lowest BCUT2D eigenvalue weighted by atomic mass is 10.2. The Morgan fingerprint density at radius 3 is 3.00 bits per heavy atom. The summed E-state index contributed by atoms with van der Waals surface area (Å²) in [6.45, 7) is 2.97. The van der Waals surface area contributed by atoms with Crippen molar-refractivity contribution in [3.8, 4) is 0 Å². The highest BCUT2D eigenvalue weighted by atomic mass is 16.4. The highest BCUT2D eigenvalue weighted by molar-refractivity contribution is 5.31. The molecule has 106 valence electrons. The van der Waals surface area contributed by atoms with Crippen molar-refractivity contribution in [3.63, 3.8) is 0 Å². The van der Waals surface area contributed by atoms with Gasteiger partial charge >= 0.3 is 0 Å². The molecule has 1 N–H and O–H groups in total. The van der Waals surface area contributed by atoms with Crippen LogP contribution in [0.15, 0.2) is 10.7 Å². The molecule has 5 nitrogen and oxygen atoms in total. The maximum Gasteiger partial charge on any atom is 0.297 e. The van der Waals surface area contributed by atoms with Crippen LogP contribution in [0.2, 0.25) is 0 Å². The van der Waals surface area contributed by atoms with Gasteiger partial charge in [0.15, 0.2) is 0 Å². The molecular formula is C14H24N4O. The van der Waals surface area contributed by atoms with Gasteiger partial charge < -0.3 is 19.5 Å². The van der Waals surface area contributed by atoms with E-state index < -0.39 is 0 Å². The fourth-order valence-electron chi connectivity index (χ4n) is 2.74. The van der Waals surface area contributed by atoms with Crippen LogP contribution in [0.5, 0.6) is 0 Å². The topological polar surface area (TPSA) is 44.5 Å². The second-order valence-electron chi connectivity index (χ2n) is 6.03. The summed E-state index contributed by atoms with van der Waals surface area (Å²) in [5.74, 6) is 0. The van der Waals surface area contributed by atoms with Gasteiger partial charge in [0.05, 0.1) is 5.69 Å². The van der Waals surface area contributed by atoms with Crippen LogP contribution in [0, 0.1) is 0 Å². The van der Waals surface area contributed by atoms with Crippen molar-refractivity contribution in [1.29, 1.82) is 0 Å². The average Bonchev–Trinajstić information content (AvgIpc) is 2.89. The fraction of sp³-hybridized carbons (Fsp3) is 0.786. The minimum atomic E-state index is 0.540. The number of hydrogen-bond acceptors (Lipinski definition) is 5. The van der Waals surface area contributed by atoms with Gasteiger partial charge in [0.1, 0.15) is 6.26 Å². The van der Waals surface area contributed by atoms with Crippen LogP contribution in [0.1, 0.15) is 31.4 Å². The van der Waals surface area contributed by atoms with Crippen LogP contribution >= 0.6 is 0 Å². The summed E-state index contributed by atoms with van der Waals surface area (Å²) in [7, 11) is 4.24. The van der Waals surface area contributed by atoms with Crippen LogP contribution < -0.4 is 10.2 Å². The summed E-state index contributed by atoms with van der Waals surface area (Å²) in [4.78, 5) is 9.19. The summed E-state index contributed by atoms with van der Waals surface area (Å²) >= 11 is 0. The molecule has 0 amide bonds. The summed E-state index contributed by atoms with van der Waals surface area (Å²) in [5, 5.41) is 3.47. The third-order valence-corrected chi connectivity index (χ3v) is 3.89. The van der Waals surface area contributed by atoms with Crippen molar-refractivity contribution in [3.05, 3.63) is 12.0 Å². The molecule has 1 aromatic heterocycles. The van der Waals surface area contributed by atoms with E-state index in [1.807, 2.05) is 0 Å². The third-order valence-electron chi connectivity index (χ3n) is 3.89. The van der Waals surface area contributed by atoms with E-state index in [2.05, 4.69) is 34.2 Å². The number of hydrogen-bond donors (Lipinski definition) is 1. The van der Waals surface area contributed by atoms with Crippen LogP contribution in [-0.4, -0.2) is 49.2 Å². The molecule has 19 heavy (non-hydrogen) atoms. The number of nitrogens with zero attached hydrogens (tertiary/aromatic N) is 3. The standard InChI is InChI=1S/C14H24N4O/c1-17(2)9-13-4-3-7-18(13)14-16-12(10-19-14)8-15-11-5-6-11/h10-11,13,15H,3-9H2,1-2H3. The van der Waals surface area contributed by atoms with Crippen molar-refractivity contribution in [2.75, 3.05) is 32.1 Å². The molecule has 5 heteroatoms. The molecule has 1 aliphatic carbocycles. The molecular weight excluding hydrogens is 240 g/mol. The van der Waals surface area contributed by atoms with Gasteiger partial charge in [0, 0.05) is 31.7 Å². The van der Waals surface area contributed by atoms with E-state index >= 15 is 0 Å². The summed E-state index contributed by atoms with van der Waals surface area (Å²) < 4.78 is 5.67. The predicted octanol–water partition coefficient (Wildman–Crippen LogP) is 1.46. The lowest BCUT2D eigenvalue weighted by molar-refractivity contribution is 0.365. The number of nitrogens with one attached hydrogen (secondary N) is 1. The molecule has 2 fully saturated rings. The summed E-state index contributed by atoms with van der Waals surface area (Å²) in [5.41, 5.74) is 1.03. The van der Waals surface area contributed by atoms with E-state index in [-0.39, 0.29) is 0 Å². The highest BCUT2D eigenvalue weighted by Gasteiger charge is 2.28. The molecule has 1 unspecified atom stereocenters. The van der Waals surface area contributed by atoms with Gasteiger partial charge in [0.25, 0.3) is 6.01 Å². The quantitative estimate of drug-likeness (QED) is 0.842. The first-order valence-electron chi connectivity index (χ1n) is 7.31. The van der Waals surface area contributed by atoms with Gasteiger partial charge in [-0.1, -0.05) is 0 Å². The van der Waals surface area contributed by atoms with E-state index in [0.717, 1.165) is 31.3 Å². The minimum absolute atomic E-state index is 0.540. The Bertz CT molecular complexity index is 413. The molecule has 0 spiro atoms. The van der Waals surface area contributed by atoms with Gasteiger partial charge in [-0.15, -0.1) is 0 Å². The molecule has 1 saturated carbocycles. The maximum absolute atomic E-state index is 5.67. The van der Waals surface area contributed by atoms with Crippen molar-refractivity contribution in [2.24, 2.45) is 0 Å². The van der Waals surface area contributed by atoms with Gasteiger partial charge in [-0.05, 0) is 39.8 Å². The Hall–Kier alpha value is -1.07. The molecule has 0 aromatic carbocycles. The molecule has 0 radical (unpaired) electrons. The predicted molar refractivity (Wildman–Crippen MR) is 75.3 cm³/mol. The zero-order valence-corrected chi connectivity index (χ0v) is 11.9. The number of aromatic nitrogens is 1. The van der Waals surface area contributed by atoms with Gasteiger partial charge in [0.2, 0.25) is 0 Å². The Balaban J connectivity index is 1.60. The average molecular weight is 264 g/mol. The second kappa shape index (κ2) is 5.51.